The van der Waals surface area contributed by atoms with E-state index in [9.17, 15) is 10.1 Å². The molecule has 1 rings (SSSR count). The van der Waals surface area contributed by atoms with Crippen LogP contribution < -0.4 is 11.3 Å². The predicted molar refractivity (Wildman–Crippen MR) is 48.2 cm³/mol. The molecular formula is C7H10N4O2. The van der Waals surface area contributed by atoms with E-state index in [1.165, 1.54) is 6.07 Å². The number of hydrazine groups is 1. The highest BCUT2D eigenvalue weighted by Crippen LogP contribution is 2.26. The topological polar surface area (TPSA) is 94.1 Å². The van der Waals surface area contributed by atoms with E-state index < -0.39 is 4.92 Å². The van der Waals surface area contributed by atoms with Crippen molar-refractivity contribution in [3.8, 4) is 0 Å². The van der Waals surface area contributed by atoms with Crippen molar-refractivity contribution in [1.82, 2.24) is 4.98 Å². The molecule has 3 N–H and O–H groups in total. The van der Waals surface area contributed by atoms with Gasteiger partial charge in [-0.25, -0.2) is 0 Å². The predicted octanol–water partition coefficient (Wildman–Crippen LogP) is 0.892. The van der Waals surface area contributed by atoms with Crippen LogP contribution >= 0.6 is 0 Å². The normalized spacial score (nSPS) is 9.77. The highest BCUT2D eigenvalue weighted by molar-refractivity contribution is 5.63. The van der Waals surface area contributed by atoms with Crippen molar-refractivity contribution in [1.29, 1.82) is 0 Å². The molecule has 0 bridgehead atoms. The molecule has 0 spiro atoms. The van der Waals surface area contributed by atoms with E-state index >= 15 is 0 Å². The molecule has 6 nitrogen and oxygen atoms in total. The van der Waals surface area contributed by atoms with Gasteiger partial charge >= 0.3 is 5.69 Å². The molecule has 6 heteroatoms. The van der Waals surface area contributed by atoms with E-state index in [1.807, 2.05) is 0 Å². The summed E-state index contributed by atoms with van der Waals surface area (Å²) in [7, 11) is 0. The molecular weight excluding hydrogens is 172 g/mol. The van der Waals surface area contributed by atoms with Crippen molar-refractivity contribution in [3.63, 3.8) is 0 Å². The first-order chi connectivity index (χ1) is 6.06. The number of anilines is 1. The second kappa shape index (κ2) is 3.36. The fourth-order valence-corrected chi connectivity index (χ4v) is 1.16. The van der Waals surface area contributed by atoms with E-state index in [1.54, 1.807) is 13.8 Å². The van der Waals surface area contributed by atoms with Gasteiger partial charge in [-0.15, -0.1) is 0 Å². The van der Waals surface area contributed by atoms with Crippen molar-refractivity contribution >= 4 is 11.4 Å². The van der Waals surface area contributed by atoms with E-state index in [-0.39, 0.29) is 11.4 Å². The van der Waals surface area contributed by atoms with E-state index in [4.69, 9.17) is 5.84 Å². The monoisotopic (exact) mass is 182 g/mol. The van der Waals surface area contributed by atoms with Gasteiger partial charge in [0.25, 0.3) is 0 Å². The van der Waals surface area contributed by atoms with Crippen molar-refractivity contribution < 1.29 is 4.92 Å². The van der Waals surface area contributed by atoms with Crippen LogP contribution in [0.3, 0.4) is 0 Å². The Kier molecular flexibility index (Phi) is 2.43. The van der Waals surface area contributed by atoms with Gasteiger partial charge in [-0.2, -0.15) is 0 Å². The van der Waals surface area contributed by atoms with Crippen LogP contribution in [0.15, 0.2) is 6.07 Å². The highest BCUT2D eigenvalue weighted by Gasteiger charge is 2.18. The van der Waals surface area contributed by atoms with Crippen LogP contribution in [0.1, 0.15) is 11.4 Å². The van der Waals surface area contributed by atoms with Crippen LogP contribution in [0, 0.1) is 24.0 Å². The summed E-state index contributed by atoms with van der Waals surface area (Å²) >= 11 is 0. The standard InChI is InChI=1S/C7H10N4O2/c1-4-3-6(10-8)7(11(12)13)5(2)9-4/h3H,8H2,1-2H3,(H,9,10). The molecule has 1 heterocycles. The maximum absolute atomic E-state index is 10.6. The van der Waals surface area contributed by atoms with Gasteiger partial charge in [0.15, 0.2) is 0 Å². The summed E-state index contributed by atoms with van der Waals surface area (Å²) in [4.78, 5) is 14.0. The summed E-state index contributed by atoms with van der Waals surface area (Å²) in [5.41, 5.74) is 3.54. The summed E-state index contributed by atoms with van der Waals surface area (Å²) in [6.07, 6.45) is 0. The van der Waals surface area contributed by atoms with Gasteiger partial charge in [-0.05, 0) is 19.9 Å². The number of pyridine rings is 1. The van der Waals surface area contributed by atoms with Crippen LogP contribution in [0.2, 0.25) is 0 Å². The van der Waals surface area contributed by atoms with Crippen LogP contribution in [-0.2, 0) is 0 Å². The van der Waals surface area contributed by atoms with Gasteiger partial charge in [-0.1, -0.05) is 0 Å². The molecule has 0 aliphatic rings. The number of rotatable bonds is 2. The summed E-state index contributed by atoms with van der Waals surface area (Å²) in [5.74, 6) is 5.14. The van der Waals surface area contributed by atoms with Crippen molar-refractivity contribution in [2.45, 2.75) is 13.8 Å². The molecule has 0 radical (unpaired) electrons. The third-order valence-corrected chi connectivity index (χ3v) is 1.63. The Morgan fingerprint density at radius 1 is 1.62 bits per heavy atom. The molecule has 70 valence electrons. The van der Waals surface area contributed by atoms with Crippen molar-refractivity contribution in [2.24, 2.45) is 5.84 Å². The minimum absolute atomic E-state index is 0.0758. The zero-order valence-corrected chi connectivity index (χ0v) is 7.37. The van der Waals surface area contributed by atoms with Crippen molar-refractivity contribution in [3.05, 3.63) is 27.6 Å². The Labute approximate surface area is 74.9 Å². The molecule has 1 aromatic rings. The molecule has 0 atom stereocenters. The lowest BCUT2D eigenvalue weighted by molar-refractivity contribution is -0.384. The maximum atomic E-state index is 10.6. The molecule has 1 aromatic heterocycles. The first-order valence-electron chi connectivity index (χ1n) is 3.65. The van der Waals surface area contributed by atoms with Gasteiger partial charge in [0.05, 0.1) is 4.92 Å². The summed E-state index contributed by atoms with van der Waals surface area (Å²) in [6, 6.07) is 1.53. The molecule has 0 aliphatic heterocycles. The molecule has 0 unspecified atom stereocenters. The largest absolute Gasteiger partial charge is 0.318 e. The molecule has 13 heavy (non-hydrogen) atoms. The number of hydrogen-bond donors (Lipinski definition) is 2. The lowest BCUT2D eigenvalue weighted by Gasteiger charge is -2.04. The van der Waals surface area contributed by atoms with Crippen LogP contribution in [0.5, 0.6) is 0 Å². The van der Waals surface area contributed by atoms with Gasteiger partial charge in [-0.3, -0.25) is 20.9 Å². The SMILES string of the molecule is Cc1cc(NN)c([N+](=O)[O-])c(C)n1. The Hall–Kier alpha value is -1.69. The Morgan fingerprint density at radius 3 is 2.69 bits per heavy atom. The third-order valence-electron chi connectivity index (χ3n) is 1.63. The maximum Gasteiger partial charge on any atom is 0.314 e. The number of aromatic nitrogens is 1. The summed E-state index contributed by atoms with van der Waals surface area (Å²) < 4.78 is 0. The average molecular weight is 182 g/mol. The number of nitrogens with zero attached hydrogens (tertiary/aromatic N) is 2. The number of hydrogen-bond acceptors (Lipinski definition) is 5. The van der Waals surface area contributed by atoms with Crippen molar-refractivity contribution in [2.75, 3.05) is 5.43 Å². The minimum atomic E-state index is -0.503. The quantitative estimate of drug-likeness (QED) is 0.402. The number of nitrogen functional groups attached to an aromatic ring is 1. The summed E-state index contributed by atoms with van der Waals surface area (Å²) in [5, 5.41) is 10.6. The van der Waals surface area contributed by atoms with Crippen LogP contribution in [0.25, 0.3) is 0 Å². The highest BCUT2D eigenvalue weighted by atomic mass is 16.6. The molecule has 0 saturated carbocycles. The number of nitrogens with two attached hydrogens (primary N) is 1. The van der Waals surface area contributed by atoms with Gasteiger partial charge < -0.3 is 5.43 Å². The molecule has 0 fully saturated rings. The van der Waals surface area contributed by atoms with Crippen LogP contribution in [-0.4, -0.2) is 9.91 Å². The Bertz CT molecular complexity index is 351. The number of nitro groups is 1. The first-order valence-corrected chi connectivity index (χ1v) is 3.65. The van der Waals surface area contributed by atoms with Gasteiger partial charge in [0.1, 0.15) is 11.4 Å². The second-order valence-electron chi connectivity index (χ2n) is 2.65. The van der Waals surface area contributed by atoms with E-state index in [0.29, 0.717) is 11.4 Å². The molecule has 0 saturated heterocycles. The third kappa shape index (κ3) is 1.73. The van der Waals surface area contributed by atoms with Crippen LogP contribution in [0.4, 0.5) is 11.4 Å². The minimum Gasteiger partial charge on any atom is -0.318 e. The smallest absolute Gasteiger partial charge is 0.314 e. The Balaban J connectivity index is 3.38. The lowest BCUT2D eigenvalue weighted by atomic mass is 10.2. The van der Waals surface area contributed by atoms with Gasteiger partial charge in [0.2, 0.25) is 0 Å². The number of aryl methyl sites for hydroxylation is 2. The second-order valence-corrected chi connectivity index (χ2v) is 2.65. The first kappa shape index (κ1) is 9.40. The zero-order chi connectivity index (χ0) is 10.0. The lowest BCUT2D eigenvalue weighted by Crippen LogP contribution is -2.11. The van der Waals surface area contributed by atoms with Gasteiger partial charge in [0, 0.05) is 5.69 Å². The molecule has 0 amide bonds. The van der Waals surface area contributed by atoms with E-state index in [2.05, 4.69) is 10.4 Å². The molecule has 0 aliphatic carbocycles. The zero-order valence-electron chi connectivity index (χ0n) is 7.37. The Morgan fingerprint density at radius 2 is 2.23 bits per heavy atom. The summed E-state index contributed by atoms with van der Waals surface area (Å²) in [6.45, 7) is 3.32. The fraction of sp³-hybridized carbons (Fsp3) is 0.286. The van der Waals surface area contributed by atoms with E-state index in [0.717, 1.165) is 0 Å². The molecule has 0 aromatic carbocycles. The fourth-order valence-electron chi connectivity index (χ4n) is 1.16. The number of nitrogens with one attached hydrogen (secondary N) is 1. The average Bonchev–Trinajstić information content (AvgIpc) is 2.01.